The van der Waals surface area contributed by atoms with Gasteiger partial charge in [0, 0.05) is 7.05 Å². The van der Waals surface area contributed by atoms with Crippen LogP contribution in [0.3, 0.4) is 0 Å². The summed E-state index contributed by atoms with van der Waals surface area (Å²) in [5, 5.41) is 7.29. The molecular formula is C7H11N3O3. The van der Waals surface area contributed by atoms with Crippen LogP contribution in [0.15, 0.2) is 5.10 Å². The summed E-state index contributed by atoms with van der Waals surface area (Å²) in [6.07, 6.45) is 0. The summed E-state index contributed by atoms with van der Waals surface area (Å²) < 4.78 is 4.72. The zero-order valence-electron chi connectivity index (χ0n) is 7.53. The number of amides is 2. The molecule has 1 N–H and O–H groups in total. The first-order valence-electron chi connectivity index (χ1n) is 3.91. The molecule has 72 valence electrons. The van der Waals surface area contributed by atoms with E-state index in [4.69, 9.17) is 4.74 Å². The van der Waals surface area contributed by atoms with Crippen molar-refractivity contribution in [2.75, 3.05) is 20.2 Å². The SMILES string of the molecule is CCOC(=O)C1=NN(C)C(=O)NC1. The highest BCUT2D eigenvalue weighted by Crippen LogP contribution is 1.96. The zero-order valence-corrected chi connectivity index (χ0v) is 7.53. The molecule has 0 aromatic carbocycles. The molecule has 6 heteroatoms. The van der Waals surface area contributed by atoms with Crippen molar-refractivity contribution in [1.29, 1.82) is 0 Å². The lowest BCUT2D eigenvalue weighted by Crippen LogP contribution is -2.45. The van der Waals surface area contributed by atoms with Gasteiger partial charge in [-0.05, 0) is 6.92 Å². The molecule has 0 atom stereocenters. The minimum Gasteiger partial charge on any atom is -0.461 e. The van der Waals surface area contributed by atoms with E-state index < -0.39 is 5.97 Å². The normalized spacial score (nSPS) is 16.3. The Morgan fingerprint density at radius 1 is 1.77 bits per heavy atom. The number of nitrogens with zero attached hydrogens (tertiary/aromatic N) is 2. The first-order chi connectivity index (χ1) is 6.15. The van der Waals surface area contributed by atoms with Gasteiger partial charge in [0.25, 0.3) is 0 Å². The number of hydrogen-bond acceptors (Lipinski definition) is 4. The van der Waals surface area contributed by atoms with Crippen molar-refractivity contribution in [1.82, 2.24) is 10.3 Å². The van der Waals surface area contributed by atoms with Gasteiger partial charge < -0.3 is 10.1 Å². The van der Waals surface area contributed by atoms with Crippen LogP contribution in [-0.4, -0.2) is 42.9 Å². The molecule has 0 unspecified atom stereocenters. The Morgan fingerprint density at radius 3 is 3.00 bits per heavy atom. The van der Waals surface area contributed by atoms with E-state index in [0.717, 1.165) is 5.01 Å². The predicted molar refractivity (Wildman–Crippen MR) is 45.2 cm³/mol. The first-order valence-corrected chi connectivity index (χ1v) is 3.91. The number of nitrogens with one attached hydrogen (secondary N) is 1. The number of esters is 1. The van der Waals surface area contributed by atoms with Crippen LogP contribution in [0, 0.1) is 0 Å². The Labute approximate surface area is 75.5 Å². The van der Waals surface area contributed by atoms with Gasteiger partial charge in [0.2, 0.25) is 0 Å². The maximum atomic E-state index is 11.1. The van der Waals surface area contributed by atoms with Gasteiger partial charge in [-0.3, -0.25) is 0 Å². The number of carbonyl (C=O) groups is 2. The summed E-state index contributed by atoms with van der Waals surface area (Å²) in [5.41, 5.74) is 0.212. The second-order valence-electron chi connectivity index (χ2n) is 2.45. The van der Waals surface area contributed by atoms with Crippen molar-refractivity contribution in [2.45, 2.75) is 6.92 Å². The van der Waals surface area contributed by atoms with E-state index in [1.807, 2.05) is 0 Å². The van der Waals surface area contributed by atoms with Crippen LogP contribution in [-0.2, 0) is 9.53 Å². The van der Waals surface area contributed by atoms with Gasteiger partial charge in [-0.1, -0.05) is 0 Å². The van der Waals surface area contributed by atoms with Crippen molar-refractivity contribution in [3.05, 3.63) is 0 Å². The van der Waals surface area contributed by atoms with Crippen LogP contribution in [0.2, 0.25) is 0 Å². The van der Waals surface area contributed by atoms with Gasteiger partial charge in [0.05, 0.1) is 13.2 Å². The molecule has 0 aromatic rings. The predicted octanol–water partition coefficient (Wildman–Crippen LogP) is -0.440. The Kier molecular flexibility index (Phi) is 2.84. The average molecular weight is 185 g/mol. The zero-order chi connectivity index (χ0) is 9.84. The Hall–Kier alpha value is -1.59. The van der Waals surface area contributed by atoms with Crippen molar-refractivity contribution in [3.63, 3.8) is 0 Å². The highest BCUT2D eigenvalue weighted by atomic mass is 16.5. The monoisotopic (exact) mass is 185 g/mol. The van der Waals surface area contributed by atoms with Crippen LogP contribution >= 0.6 is 0 Å². The molecule has 0 saturated heterocycles. The second kappa shape index (κ2) is 3.88. The number of rotatable bonds is 2. The highest BCUT2D eigenvalue weighted by Gasteiger charge is 2.21. The third-order valence-electron chi connectivity index (χ3n) is 1.48. The molecule has 0 bridgehead atoms. The summed E-state index contributed by atoms with van der Waals surface area (Å²) >= 11 is 0. The van der Waals surface area contributed by atoms with E-state index in [2.05, 4.69) is 10.4 Å². The lowest BCUT2D eigenvalue weighted by atomic mass is 10.3. The van der Waals surface area contributed by atoms with Gasteiger partial charge in [-0.15, -0.1) is 0 Å². The number of urea groups is 1. The second-order valence-corrected chi connectivity index (χ2v) is 2.45. The Morgan fingerprint density at radius 2 is 2.46 bits per heavy atom. The van der Waals surface area contributed by atoms with Crippen molar-refractivity contribution in [2.24, 2.45) is 5.10 Å². The summed E-state index contributed by atoms with van der Waals surface area (Å²) in [5.74, 6) is -0.491. The molecule has 6 nitrogen and oxygen atoms in total. The molecule has 0 radical (unpaired) electrons. The quantitative estimate of drug-likeness (QED) is 0.593. The van der Waals surface area contributed by atoms with Gasteiger partial charge in [-0.2, -0.15) is 5.10 Å². The third kappa shape index (κ3) is 2.17. The minimum absolute atomic E-state index is 0.127. The number of ether oxygens (including phenoxy) is 1. The third-order valence-corrected chi connectivity index (χ3v) is 1.48. The molecule has 0 spiro atoms. The van der Waals surface area contributed by atoms with Crippen LogP contribution in [0.25, 0.3) is 0 Å². The van der Waals surface area contributed by atoms with Crippen molar-refractivity contribution < 1.29 is 14.3 Å². The largest absolute Gasteiger partial charge is 0.461 e. The number of hydrogen-bond donors (Lipinski definition) is 1. The maximum absolute atomic E-state index is 11.1. The molecule has 13 heavy (non-hydrogen) atoms. The van der Waals surface area contributed by atoms with Crippen molar-refractivity contribution >= 4 is 17.7 Å². The van der Waals surface area contributed by atoms with E-state index in [9.17, 15) is 9.59 Å². The lowest BCUT2D eigenvalue weighted by Gasteiger charge is -2.19. The standard InChI is InChI=1S/C7H11N3O3/c1-3-13-6(11)5-4-8-7(12)10(2)9-5/h3-4H2,1-2H3,(H,8,12). The average Bonchev–Trinajstić information content (AvgIpc) is 2.10. The van der Waals surface area contributed by atoms with E-state index >= 15 is 0 Å². The Bertz CT molecular complexity index is 262. The van der Waals surface area contributed by atoms with E-state index in [1.54, 1.807) is 6.92 Å². The number of hydrazone groups is 1. The lowest BCUT2D eigenvalue weighted by molar-refractivity contribution is -0.135. The van der Waals surface area contributed by atoms with Gasteiger partial charge in [-0.25, -0.2) is 14.6 Å². The van der Waals surface area contributed by atoms with Crippen molar-refractivity contribution in [3.8, 4) is 0 Å². The van der Waals surface area contributed by atoms with E-state index in [0.29, 0.717) is 6.61 Å². The molecular weight excluding hydrogens is 174 g/mol. The molecule has 0 aromatic heterocycles. The molecule has 1 heterocycles. The summed E-state index contributed by atoms with van der Waals surface area (Å²) in [6.45, 7) is 2.14. The fourth-order valence-electron chi connectivity index (χ4n) is 0.863. The molecule has 1 aliphatic rings. The van der Waals surface area contributed by atoms with Crippen LogP contribution < -0.4 is 5.32 Å². The molecule has 0 aliphatic carbocycles. The van der Waals surface area contributed by atoms with E-state index in [1.165, 1.54) is 7.05 Å². The maximum Gasteiger partial charge on any atom is 0.356 e. The molecule has 0 saturated carbocycles. The van der Waals surface area contributed by atoms with Crippen LogP contribution in [0.1, 0.15) is 6.92 Å². The van der Waals surface area contributed by atoms with Crippen LogP contribution in [0.4, 0.5) is 4.79 Å². The van der Waals surface area contributed by atoms with Gasteiger partial charge in [0.1, 0.15) is 0 Å². The molecule has 1 rings (SSSR count). The Balaban J connectivity index is 2.66. The molecule has 1 aliphatic heterocycles. The summed E-state index contributed by atoms with van der Waals surface area (Å²) in [6, 6.07) is -0.326. The fourth-order valence-corrected chi connectivity index (χ4v) is 0.863. The van der Waals surface area contributed by atoms with E-state index in [-0.39, 0.29) is 18.3 Å². The summed E-state index contributed by atoms with van der Waals surface area (Å²) in [4.78, 5) is 22.0. The first kappa shape index (κ1) is 9.50. The molecule has 0 fully saturated rings. The fraction of sp³-hybridized carbons (Fsp3) is 0.571. The van der Waals surface area contributed by atoms with Gasteiger partial charge >= 0.3 is 12.0 Å². The smallest absolute Gasteiger partial charge is 0.356 e. The van der Waals surface area contributed by atoms with Gasteiger partial charge in [0.15, 0.2) is 5.71 Å². The molecule has 2 amide bonds. The van der Waals surface area contributed by atoms with Crippen LogP contribution in [0.5, 0.6) is 0 Å². The minimum atomic E-state index is -0.491. The highest BCUT2D eigenvalue weighted by molar-refractivity contribution is 6.38. The topological polar surface area (TPSA) is 71.0 Å². The number of carbonyl (C=O) groups excluding carboxylic acids is 2. The summed E-state index contributed by atoms with van der Waals surface area (Å²) in [7, 11) is 1.47.